The summed E-state index contributed by atoms with van der Waals surface area (Å²) in [7, 11) is 3.07. The Hall–Kier alpha value is -1.25. The summed E-state index contributed by atoms with van der Waals surface area (Å²) in [6.07, 6.45) is 4.83. The average Bonchev–Trinajstić information content (AvgIpc) is 2.88. The van der Waals surface area contributed by atoms with E-state index in [2.05, 4.69) is 19.1 Å². The van der Waals surface area contributed by atoms with Crippen molar-refractivity contribution in [1.29, 1.82) is 0 Å². The molecule has 2 fully saturated rings. The third kappa shape index (κ3) is 3.49. The van der Waals surface area contributed by atoms with Gasteiger partial charge in [-0.1, -0.05) is 32.1 Å². The van der Waals surface area contributed by atoms with Crippen LogP contribution in [0, 0.1) is 35.5 Å². The van der Waals surface area contributed by atoms with E-state index in [0.717, 1.165) is 12.0 Å². The summed E-state index contributed by atoms with van der Waals surface area (Å²) in [6, 6.07) is 0. The fourth-order valence-electron chi connectivity index (χ4n) is 6.60. The van der Waals surface area contributed by atoms with E-state index in [1.54, 1.807) is 7.11 Å². The summed E-state index contributed by atoms with van der Waals surface area (Å²) < 4.78 is 23.3. The van der Waals surface area contributed by atoms with Crippen LogP contribution in [0.5, 0.6) is 0 Å². The Kier molecular flexibility index (Phi) is 6.36. The zero-order valence-electron chi connectivity index (χ0n) is 19.1. The highest BCUT2D eigenvalue weighted by molar-refractivity contribution is 5.74. The first-order chi connectivity index (χ1) is 14.8. The smallest absolute Gasteiger partial charge is 0.312 e. The van der Waals surface area contributed by atoms with Crippen LogP contribution in [0.25, 0.3) is 0 Å². The number of carbonyl (C=O) groups is 1. The number of ether oxygens (including phenoxy) is 4. The summed E-state index contributed by atoms with van der Waals surface area (Å²) in [5.74, 6) is -1.50. The van der Waals surface area contributed by atoms with E-state index in [0.29, 0.717) is 0 Å². The molecule has 11 atom stereocenters. The highest BCUT2D eigenvalue weighted by Gasteiger charge is 2.67. The lowest BCUT2D eigenvalue weighted by atomic mass is 9.57. The van der Waals surface area contributed by atoms with Gasteiger partial charge in [0.05, 0.1) is 31.3 Å². The molecule has 0 aromatic rings. The van der Waals surface area contributed by atoms with E-state index < -0.39 is 35.8 Å². The highest BCUT2D eigenvalue weighted by Crippen LogP contribution is 2.61. The van der Waals surface area contributed by atoms with Gasteiger partial charge in [0.25, 0.3) is 0 Å². The number of methoxy groups -OCH3 is 2. The number of hydrogen-bond donors (Lipinski definition) is 2. The minimum atomic E-state index is -0.952. The molecule has 4 bridgehead atoms. The maximum Gasteiger partial charge on any atom is 0.312 e. The molecule has 0 radical (unpaired) electrons. The molecule has 7 nitrogen and oxygen atoms in total. The normalized spacial score (nSPS) is 47.5. The van der Waals surface area contributed by atoms with E-state index in [1.807, 2.05) is 19.9 Å². The van der Waals surface area contributed by atoms with E-state index in [9.17, 15) is 15.0 Å². The van der Waals surface area contributed by atoms with Crippen molar-refractivity contribution in [2.24, 2.45) is 35.5 Å². The van der Waals surface area contributed by atoms with Crippen LogP contribution in [0.1, 0.15) is 27.2 Å². The lowest BCUT2D eigenvalue weighted by molar-refractivity contribution is -0.172. The van der Waals surface area contributed by atoms with Crippen LogP contribution in [-0.2, 0) is 23.7 Å². The van der Waals surface area contributed by atoms with Crippen molar-refractivity contribution in [3.05, 3.63) is 23.8 Å². The van der Waals surface area contributed by atoms with E-state index >= 15 is 0 Å². The largest absolute Gasteiger partial charge is 0.459 e. The molecular weight excluding hydrogens is 400 g/mol. The van der Waals surface area contributed by atoms with Gasteiger partial charge in [-0.25, -0.2) is 0 Å². The molecule has 1 saturated carbocycles. The number of aliphatic hydroxyl groups excluding tert-OH is 2. The fraction of sp³-hybridized carbons (Fsp3) is 0.792. The molecule has 0 aromatic carbocycles. The number of carbonyl (C=O) groups excluding carboxylic acids is 1. The average molecular weight is 437 g/mol. The Morgan fingerprint density at radius 2 is 2.00 bits per heavy atom. The summed E-state index contributed by atoms with van der Waals surface area (Å²) in [4.78, 5) is 13.4. The molecule has 2 N–H and O–H groups in total. The van der Waals surface area contributed by atoms with E-state index in [4.69, 9.17) is 18.9 Å². The second kappa shape index (κ2) is 8.60. The number of aliphatic hydroxyl groups is 2. The van der Waals surface area contributed by atoms with Crippen molar-refractivity contribution in [2.75, 3.05) is 27.4 Å². The van der Waals surface area contributed by atoms with Gasteiger partial charge in [-0.05, 0) is 24.8 Å². The van der Waals surface area contributed by atoms with Gasteiger partial charge >= 0.3 is 5.97 Å². The van der Waals surface area contributed by atoms with Crippen LogP contribution in [0.4, 0.5) is 0 Å². The molecule has 31 heavy (non-hydrogen) atoms. The van der Waals surface area contributed by atoms with Crippen molar-refractivity contribution < 1.29 is 34.0 Å². The van der Waals surface area contributed by atoms with Gasteiger partial charge in [-0.3, -0.25) is 4.79 Å². The van der Waals surface area contributed by atoms with Gasteiger partial charge in [0.2, 0.25) is 0 Å². The zero-order chi connectivity index (χ0) is 22.5. The predicted molar refractivity (Wildman–Crippen MR) is 113 cm³/mol. The molecule has 1 spiro atoms. The maximum atomic E-state index is 13.4. The zero-order valence-corrected chi connectivity index (χ0v) is 19.1. The first-order valence-corrected chi connectivity index (χ1v) is 11.4. The van der Waals surface area contributed by atoms with Crippen LogP contribution in [-0.4, -0.2) is 73.6 Å². The second-order valence-corrected chi connectivity index (χ2v) is 9.86. The lowest BCUT2D eigenvalue weighted by Crippen LogP contribution is -2.56. The van der Waals surface area contributed by atoms with E-state index in [-0.39, 0.29) is 48.9 Å². The van der Waals surface area contributed by atoms with Crippen molar-refractivity contribution in [3.8, 4) is 0 Å². The standard InChI is InChI=1S/C24H36O7/c1-12-9-19-15-6-7-17-16(10-28-4)23(27)30-22(18(25)11-29-5)13(2)8-14(3)24(17,31-19)20(15)21(12)26/h6-8,12-13,15-22,25-26H,9-11H2,1-5H3. The molecule has 2 aliphatic carbocycles. The summed E-state index contributed by atoms with van der Waals surface area (Å²) in [5, 5.41) is 21.9. The third-order valence-corrected chi connectivity index (χ3v) is 7.98. The summed E-state index contributed by atoms with van der Waals surface area (Å²) in [6.45, 7) is 6.26. The predicted octanol–water partition coefficient (Wildman–Crippen LogP) is 1.72. The molecule has 2 heterocycles. The van der Waals surface area contributed by atoms with Crippen molar-refractivity contribution in [2.45, 2.75) is 57.2 Å². The quantitative estimate of drug-likeness (QED) is 0.501. The lowest BCUT2D eigenvalue weighted by Gasteiger charge is -2.48. The monoisotopic (exact) mass is 436 g/mol. The Balaban J connectivity index is 1.85. The van der Waals surface area contributed by atoms with Crippen molar-refractivity contribution in [3.63, 3.8) is 0 Å². The molecule has 2 aliphatic heterocycles. The molecule has 11 unspecified atom stereocenters. The minimum Gasteiger partial charge on any atom is -0.459 e. The van der Waals surface area contributed by atoms with Crippen LogP contribution >= 0.6 is 0 Å². The topological polar surface area (TPSA) is 94.5 Å². The third-order valence-electron chi connectivity index (χ3n) is 7.98. The fourth-order valence-corrected chi connectivity index (χ4v) is 6.60. The van der Waals surface area contributed by atoms with Crippen LogP contribution in [0.15, 0.2) is 23.8 Å². The number of cyclic esters (lactones) is 1. The number of esters is 1. The van der Waals surface area contributed by atoms with Crippen molar-refractivity contribution in [1.82, 2.24) is 0 Å². The SMILES string of the molecule is COCC(O)C1OC(=O)C(COC)C2C=CC3C4CC(C)C(O)C3C2(O4)C(C)=CC1C. The van der Waals surface area contributed by atoms with Crippen molar-refractivity contribution >= 4 is 5.97 Å². The van der Waals surface area contributed by atoms with Crippen LogP contribution in [0.3, 0.4) is 0 Å². The molecule has 0 amide bonds. The molecule has 4 aliphatic rings. The number of hydrogen-bond acceptors (Lipinski definition) is 7. The Morgan fingerprint density at radius 1 is 1.26 bits per heavy atom. The summed E-state index contributed by atoms with van der Waals surface area (Å²) >= 11 is 0. The first kappa shape index (κ1) is 22.9. The van der Waals surface area contributed by atoms with Gasteiger partial charge in [0, 0.05) is 37.9 Å². The van der Waals surface area contributed by atoms with Gasteiger partial charge in [0.15, 0.2) is 0 Å². The van der Waals surface area contributed by atoms with Crippen LogP contribution in [0.2, 0.25) is 0 Å². The Labute approximate surface area is 184 Å². The Morgan fingerprint density at radius 3 is 2.68 bits per heavy atom. The van der Waals surface area contributed by atoms with Crippen LogP contribution < -0.4 is 0 Å². The first-order valence-electron chi connectivity index (χ1n) is 11.4. The number of rotatable bonds is 5. The Bertz CT molecular complexity index is 748. The summed E-state index contributed by atoms with van der Waals surface area (Å²) in [5.41, 5.74) is 0.181. The molecule has 1 saturated heterocycles. The second-order valence-electron chi connectivity index (χ2n) is 9.86. The maximum absolute atomic E-state index is 13.4. The van der Waals surface area contributed by atoms with Gasteiger partial charge in [-0.15, -0.1) is 0 Å². The van der Waals surface area contributed by atoms with Gasteiger partial charge in [0.1, 0.15) is 17.8 Å². The highest BCUT2D eigenvalue weighted by atomic mass is 16.6. The molecule has 174 valence electrons. The molecular formula is C24H36O7. The van der Waals surface area contributed by atoms with Gasteiger partial charge in [-0.2, -0.15) is 0 Å². The molecule has 0 aromatic heterocycles. The van der Waals surface area contributed by atoms with Gasteiger partial charge < -0.3 is 29.2 Å². The van der Waals surface area contributed by atoms with E-state index in [1.165, 1.54) is 7.11 Å². The molecule has 4 rings (SSSR count). The minimum absolute atomic E-state index is 0.0122. The molecule has 7 heteroatoms.